The first-order chi connectivity index (χ1) is 9.38. The van der Waals surface area contributed by atoms with Gasteiger partial charge in [-0.25, -0.2) is 0 Å². The van der Waals surface area contributed by atoms with Crippen LogP contribution in [0.3, 0.4) is 0 Å². The van der Waals surface area contributed by atoms with Crippen molar-refractivity contribution in [3.05, 3.63) is 29.3 Å². The van der Waals surface area contributed by atoms with Crippen LogP contribution in [0.15, 0.2) is 18.2 Å². The summed E-state index contributed by atoms with van der Waals surface area (Å²) in [7, 11) is 0. The summed E-state index contributed by atoms with van der Waals surface area (Å²) in [5.41, 5.74) is 3.83. The molecule has 0 unspecified atom stereocenters. The van der Waals surface area contributed by atoms with Crippen LogP contribution in [-0.4, -0.2) is 25.0 Å². The van der Waals surface area contributed by atoms with Crippen LogP contribution in [0.4, 0.5) is 18.9 Å². The molecule has 20 heavy (non-hydrogen) atoms. The molecule has 0 saturated carbocycles. The number of hydrogen-bond donors (Lipinski definition) is 3. The number of rotatable bonds is 3. The van der Waals surface area contributed by atoms with Crippen LogP contribution in [0.5, 0.6) is 0 Å². The second-order valence-corrected chi connectivity index (χ2v) is 4.79. The van der Waals surface area contributed by atoms with Crippen molar-refractivity contribution in [3.63, 3.8) is 0 Å². The summed E-state index contributed by atoms with van der Waals surface area (Å²) in [4.78, 5) is 11.1. The Morgan fingerprint density at radius 2 is 1.95 bits per heavy atom. The van der Waals surface area contributed by atoms with Gasteiger partial charge in [-0.15, -0.1) is 0 Å². The SMILES string of the molecule is NC(=O)c1ccc(NC2CCNCC2)cc1C(F)(F)F. The molecule has 1 saturated heterocycles. The van der Waals surface area contributed by atoms with Gasteiger partial charge in [0.25, 0.3) is 0 Å². The van der Waals surface area contributed by atoms with Gasteiger partial charge in [-0.05, 0) is 44.1 Å². The van der Waals surface area contributed by atoms with Gasteiger partial charge in [0, 0.05) is 11.7 Å². The number of carbonyl (C=O) groups is 1. The smallest absolute Gasteiger partial charge is 0.382 e. The fourth-order valence-electron chi connectivity index (χ4n) is 2.29. The molecule has 110 valence electrons. The lowest BCUT2D eigenvalue weighted by Gasteiger charge is -2.25. The normalized spacial score (nSPS) is 16.9. The van der Waals surface area contributed by atoms with Crippen LogP contribution in [-0.2, 0) is 6.18 Å². The van der Waals surface area contributed by atoms with Crippen LogP contribution in [0.1, 0.15) is 28.8 Å². The van der Waals surface area contributed by atoms with E-state index in [1.54, 1.807) is 0 Å². The molecule has 1 fully saturated rings. The number of piperidine rings is 1. The lowest BCUT2D eigenvalue weighted by atomic mass is 10.0. The van der Waals surface area contributed by atoms with Crippen molar-refractivity contribution in [2.45, 2.75) is 25.1 Å². The van der Waals surface area contributed by atoms with Crippen molar-refractivity contribution >= 4 is 11.6 Å². The van der Waals surface area contributed by atoms with E-state index in [4.69, 9.17) is 5.73 Å². The van der Waals surface area contributed by atoms with E-state index < -0.39 is 23.2 Å². The minimum atomic E-state index is -4.60. The Bertz CT molecular complexity index is 496. The molecule has 0 aromatic heterocycles. The average Bonchev–Trinajstić information content (AvgIpc) is 2.38. The zero-order valence-electron chi connectivity index (χ0n) is 10.8. The largest absolute Gasteiger partial charge is 0.417 e. The molecular formula is C13H16F3N3O. The third-order valence-electron chi connectivity index (χ3n) is 3.30. The number of carbonyl (C=O) groups excluding carboxylic acids is 1. The number of amides is 1. The summed E-state index contributed by atoms with van der Waals surface area (Å²) >= 11 is 0. The first-order valence-electron chi connectivity index (χ1n) is 6.36. The van der Waals surface area contributed by atoms with Gasteiger partial charge in [0.1, 0.15) is 0 Å². The lowest BCUT2D eigenvalue weighted by Crippen LogP contribution is -2.35. The fourth-order valence-corrected chi connectivity index (χ4v) is 2.29. The number of benzene rings is 1. The number of alkyl halides is 3. The van der Waals surface area contributed by atoms with Gasteiger partial charge in [-0.3, -0.25) is 4.79 Å². The van der Waals surface area contributed by atoms with Gasteiger partial charge in [0.2, 0.25) is 5.91 Å². The molecule has 1 aliphatic rings. The summed E-state index contributed by atoms with van der Waals surface area (Å²) in [6.07, 6.45) is -2.91. The number of hydrogen-bond acceptors (Lipinski definition) is 3. The van der Waals surface area contributed by atoms with Crippen molar-refractivity contribution in [3.8, 4) is 0 Å². The molecule has 4 N–H and O–H groups in total. The summed E-state index contributed by atoms with van der Waals surface area (Å²) in [6, 6.07) is 3.66. The maximum Gasteiger partial charge on any atom is 0.417 e. The highest BCUT2D eigenvalue weighted by Gasteiger charge is 2.35. The standard InChI is InChI=1S/C13H16F3N3O/c14-13(15,16)11-7-9(1-2-10(11)12(17)20)19-8-3-5-18-6-4-8/h1-2,7-8,18-19H,3-6H2,(H2,17,20). The monoisotopic (exact) mass is 287 g/mol. The Labute approximate surface area is 114 Å². The van der Waals surface area contributed by atoms with Gasteiger partial charge in [-0.2, -0.15) is 13.2 Å². The Kier molecular flexibility index (Phi) is 4.17. The second kappa shape index (κ2) is 5.70. The zero-order valence-corrected chi connectivity index (χ0v) is 10.8. The van der Waals surface area contributed by atoms with Gasteiger partial charge in [0.05, 0.1) is 11.1 Å². The first kappa shape index (κ1) is 14.6. The molecule has 0 bridgehead atoms. The van der Waals surface area contributed by atoms with Gasteiger partial charge >= 0.3 is 6.18 Å². The highest BCUT2D eigenvalue weighted by Crippen LogP contribution is 2.34. The number of halogens is 3. The van der Waals surface area contributed by atoms with E-state index in [2.05, 4.69) is 10.6 Å². The predicted octanol–water partition coefficient (Wildman–Crippen LogP) is 1.97. The minimum Gasteiger partial charge on any atom is -0.382 e. The Morgan fingerprint density at radius 1 is 1.30 bits per heavy atom. The Morgan fingerprint density at radius 3 is 2.50 bits per heavy atom. The molecule has 0 atom stereocenters. The second-order valence-electron chi connectivity index (χ2n) is 4.79. The van der Waals surface area contributed by atoms with Crippen LogP contribution in [0.2, 0.25) is 0 Å². The van der Waals surface area contributed by atoms with Crippen molar-refractivity contribution < 1.29 is 18.0 Å². The van der Waals surface area contributed by atoms with E-state index in [-0.39, 0.29) is 6.04 Å². The van der Waals surface area contributed by atoms with Gasteiger partial charge in [0.15, 0.2) is 0 Å². The van der Waals surface area contributed by atoms with Crippen molar-refractivity contribution in [1.29, 1.82) is 0 Å². The zero-order chi connectivity index (χ0) is 14.8. The molecule has 1 amide bonds. The summed E-state index contributed by atoms with van der Waals surface area (Å²) in [6.45, 7) is 1.67. The topological polar surface area (TPSA) is 67.2 Å². The molecule has 0 radical (unpaired) electrons. The number of anilines is 1. The van der Waals surface area contributed by atoms with Gasteiger partial charge < -0.3 is 16.4 Å². The number of primary amides is 1. The fraction of sp³-hybridized carbons (Fsp3) is 0.462. The molecule has 1 aliphatic heterocycles. The van der Waals surface area contributed by atoms with Crippen molar-refractivity contribution in [2.75, 3.05) is 18.4 Å². The summed E-state index contributed by atoms with van der Waals surface area (Å²) in [5.74, 6) is -1.08. The molecule has 0 aliphatic carbocycles. The summed E-state index contributed by atoms with van der Waals surface area (Å²) < 4.78 is 38.8. The van der Waals surface area contributed by atoms with Crippen LogP contribution in [0.25, 0.3) is 0 Å². The maximum absolute atomic E-state index is 12.9. The van der Waals surface area contributed by atoms with Crippen molar-refractivity contribution in [2.24, 2.45) is 5.73 Å². The average molecular weight is 287 g/mol. The van der Waals surface area contributed by atoms with E-state index in [9.17, 15) is 18.0 Å². The van der Waals surface area contributed by atoms with E-state index in [0.717, 1.165) is 38.1 Å². The predicted molar refractivity (Wildman–Crippen MR) is 69.5 cm³/mol. The molecule has 0 spiro atoms. The summed E-state index contributed by atoms with van der Waals surface area (Å²) in [5, 5.41) is 6.25. The van der Waals surface area contributed by atoms with Crippen LogP contribution >= 0.6 is 0 Å². The molecule has 7 heteroatoms. The molecule has 4 nitrogen and oxygen atoms in total. The minimum absolute atomic E-state index is 0.136. The van der Waals surface area contributed by atoms with E-state index in [1.807, 2.05) is 0 Å². The maximum atomic E-state index is 12.9. The first-order valence-corrected chi connectivity index (χ1v) is 6.36. The Balaban J connectivity index is 2.25. The molecule has 1 aromatic rings. The van der Waals surface area contributed by atoms with Gasteiger partial charge in [-0.1, -0.05) is 0 Å². The van der Waals surface area contributed by atoms with Crippen LogP contribution in [0, 0.1) is 0 Å². The highest BCUT2D eigenvalue weighted by molar-refractivity contribution is 5.95. The van der Waals surface area contributed by atoms with E-state index in [0.29, 0.717) is 5.69 Å². The number of nitrogens with one attached hydrogen (secondary N) is 2. The third kappa shape index (κ3) is 3.41. The third-order valence-corrected chi connectivity index (χ3v) is 3.30. The molecule has 1 heterocycles. The number of nitrogens with two attached hydrogens (primary N) is 1. The van der Waals surface area contributed by atoms with Crippen molar-refractivity contribution in [1.82, 2.24) is 5.32 Å². The highest BCUT2D eigenvalue weighted by atomic mass is 19.4. The molecule has 1 aromatic carbocycles. The van der Waals surface area contributed by atoms with Crippen LogP contribution < -0.4 is 16.4 Å². The molecular weight excluding hydrogens is 271 g/mol. The van der Waals surface area contributed by atoms with E-state index in [1.165, 1.54) is 6.07 Å². The van der Waals surface area contributed by atoms with E-state index >= 15 is 0 Å². The quantitative estimate of drug-likeness (QED) is 0.796. The molecule has 2 rings (SSSR count). The Hall–Kier alpha value is -1.76. The lowest BCUT2D eigenvalue weighted by molar-refractivity contribution is -0.137.